The summed E-state index contributed by atoms with van der Waals surface area (Å²) in [7, 11) is 0. The van der Waals surface area contributed by atoms with Gasteiger partial charge in [-0.15, -0.1) is 0 Å². The van der Waals surface area contributed by atoms with Gasteiger partial charge in [-0.1, -0.05) is 5.16 Å². The molecule has 0 spiro atoms. The highest BCUT2D eigenvalue weighted by molar-refractivity contribution is 6.04. The fraction of sp³-hybridized carbons (Fsp3) is 0.286. The molecule has 4 rings (SSSR count). The van der Waals surface area contributed by atoms with E-state index in [1.54, 1.807) is 19.1 Å². The zero-order chi connectivity index (χ0) is 18.8. The number of carbonyl (C=O) groups excluding carboxylic acids is 1. The minimum atomic E-state index is -0.139. The van der Waals surface area contributed by atoms with Gasteiger partial charge in [0.25, 0.3) is 11.8 Å². The number of anilines is 2. The molecule has 1 aromatic heterocycles. The first-order valence-electron chi connectivity index (χ1n) is 9.18. The quantitative estimate of drug-likeness (QED) is 0.753. The highest BCUT2D eigenvalue weighted by Gasteiger charge is 2.14. The second-order valence-corrected chi connectivity index (χ2v) is 6.87. The highest BCUT2D eigenvalue weighted by atomic mass is 16.5. The zero-order valence-electron chi connectivity index (χ0n) is 15.5. The van der Waals surface area contributed by atoms with E-state index < -0.39 is 0 Å². The average Bonchev–Trinajstić information content (AvgIpc) is 3.35. The van der Waals surface area contributed by atoms with Crippen molar-refractivity contribution < 1.29 is 9.32 Å². The Kier molecular flexibility index (Phi) is 4.62. The predicted octanol–water partition coefficient (Wildman–Crippen LogP) is 4.21. The van der Waals surface area contributed by atoms with E-state index in [1.165, 1.54) is 18.5 Å². The number of hydrogen-bond donors (Lipinski definition) is 1. The summed E-state index contributed by atoms with van der Waals surface area (Å²) in [6.07, 6.45) is 2.49. The Morgan fingerprint density at radius 3 is 2.44 bits per heavy atom. The summed E-state index contributed by atoms with van der Waals surface area (Å²) in [5.41, 5.74) is 4.49. The minimum absolute atomic E-state index is 0.139. The van der Waals surface area contributed by atoms with Gasteiger partial charge in [-0.3, -0.25) is 4.79 Å². The number of amides is 1. The van der Waals surface area contributed by atoms with Crippen LogP contribution in [0.2, 0.25) is 0 Å². The Hall–Kier alpha value is -3.15. The van der Waals surface area contributed by atoms with Crippen LogP contribution in [0.3, 0.4) is 0 Å². The van der Waals surface area contributed by atoms with Gasteiger partial charge < -0.3 is 14.7 Å². The molecule has 6 heteroatoms. The Morgan fingerprint density at radius 1 is 1.07 bits per heavy atom. The smallest absolute Gasteiger partial charge is 0.257 e. The molecule has 2 heterocycles. The maximum Gasteiger partial charge on any atom is 0.257 e. The second kappa shape index (κ2) is 7.23. The van der Waals surface area contributed by atoms with E-state index in [1.807, 2.05) is 25.1 Å². The van der Waals surface area contributed by atoms with Gasteiger partial charge in [-0.25, -0.2) is 0 Å². The predicted molar refractivity (Wildman–Crippen MR) is 105 cm³/mol. The van der Waals surface area contributed by atoms with Crippen molar-refractivity contribution in [3.63, 3.8) is 0 Å². The lowest BCUT2D eigenvalue weighted by molar-refractivity contribution is 0.102. The monoisotopic (exact) mass is 362 g/mol. The SMILES string of the molecule is Cc1noc(-c2ccc(C(=O)Nc3ccc(N4CCCC4)cc3C)cc2)n1. The summed E-state index contributed by atoms with van der Waals surface area (Å²) < 4.78 is 5.15. The van der Waals surface area contributed by atoms with Crippen LogP contribution in [0.1, 0.15) is 34.6 Å². The molecule has 1 N–H and O–H groups in total. The Bertz CT molecular complexity index is 957. The number of aromatic nitrogens is 2. The molecule has 6 nitrogen and oxygen atoms in total. The molecule has 1 aliphatic heterocycles. The molecule has 0 unspecified atom stereocenters. The van der Waals surface area contributed by atoms with E-state index in [4.69, 9.17) is 4.52 Å². The lowest BCUT2D eigenvalue weighted by Gasteiger charge is -2.19. The van der Waals surface area contributed by atoms with E-state index in [2.05, 4.69) is 32.5 Å². The molecule has 0 bridgehead atoms. The van der Waals surface area contributed by atoms with Crippen LogP contribution in [0.4, 0.5) is 11.4 Å². The van der Waals surface area contributed by atoms with Crippen LogP contribution in [-0.2, 0) is 0 Å². The van der Waals surface area contributed by atoms with Crippen LogP contribution in [0.5, 0.6) is 0 Å². The van der Waals surface area contributed by atoms with E-state index in [0.717, 1.165) is 29.9 Å². The molecule has 2 aromatic carbocycles. The second-order valence-electron chi connectivity index (χ2n) is 6.87. The molecule has 1 aliphatic rings. The van der Waals surface area contributed by atoms with Crippen molar-refractivity contribution in [3.05, 3.63) is 59.4 Å². The molecule has 3 aromatic rings. The number of aryl methyl sites for hydroxylation is 2. The van der Waals surface area contributed by atoms with Crippen LogP contribution >= 0.6 is 0 Å². The summed E-state index contributed by atoms with van der Waals surface area (Å²) >= 11 is 0. The van der Waals surface area contributed by atoms with Crippen molar-refractivity contribution in [2.24, 2.45) is 0 Å². The van der Waals surface area contributed by atoms with Crippen molar-refractivity contribution in [1.29, 1.82) is 0 Å². The standard InChI is InChI=1S/C21H22N4O2/c1-14-13-18(25-11-3-4-12-25)9-10-19(14)23-20(26)16-5-7-17(8-6-16)21-22-15(2)24-27-21/h5-10,13H,3-4,11-12H2,1-2H3,(H,23,26). The van der Waals surface area contributed by atoms with Gasteiger partial charge in [-0.2, -0.15) is 4.98 Å². The topological polar surface area (TPSA) is 71.3 Å². The molecule has 1 fully saturated rings. The van der Waals surface area contributed by atoms with Gasteiger partial charge >= 0.3 is 0 Å². The molecule has 0 aliphatic carbocycles. The van der Waals surface area contributed by atoms with E-state index >= 15 is 0 Å². The van der Waals surface area contributed by atoms with Crippen molar-refractivity contribution in [3.8, 4) is 11.5 Å². The first-order valence-corrected chi connectivity index (χ1v) is 9.18. The van der Waals surface area contributed by atoms with Crippen molar-refractivity contribution in [2.45, 2.75) is 26.7 Å². The summed E-state index contributed by atoms with van der Waals surface area (Å²) in [5, 5.41) is 6.78. The summed E-state index contributed by atoms with van der Waals surface area (Å²) in [5.74, 6) is 0.896. The lowest BCUT2D eigenvalue weighted by atomic mass is 10.1. The van der Waals surface area contributed by atoms with Gasteiger partial charge in [0.15, 0.2) is 5.82 Å². The number of nitrogens with one attached hydrogen (secondary N) is 1. The van der Waals surface area contributed by atoms with Crippen LogP contribution in [0.25, 0.3) is 11.5 Å². The first kappa shape index (κ1) is 17.3. The van der Waals surface area contributed by atoms with Crippen molar-refractivity contribution >= 4 is 17.3 Å². The zero-order valence-corrected chi connectivity index (χ0v) is 15.5. The molecule has 1 saturated heterocycles. The van der Waals surface area contributed by atoms with Gasteiger partial charge in [0.2, 0.25) is 0 Å². The first-order chi connectivity index (χ1) is 13.1. The molecule has 0 radical (unpaired) electrons. The van der Waals surface area contributed by atoms with E-state index in [-0.39, 0.29) is 5.91 Å². The van der Waals surface area contributed by atoms with Crippen LogP contribution in [0, 0.1) is 13.8 Å². The van der Waals surface area contributed by atoms with Crippen molar-refractivity contribution in [2.75, 3.05) is 23.3 Å². The fourth-order valence-corrected chi connectivity index (χ4v) is 3.33. The van der Waals surface area contributed by atoms with Gasteiger partial charge in [0, 0.05) is 35.6 Å². The Balaban J connectivity index is 1.47. The largest absolute Gasteiger partial charge is 0.372 e. The van der Waals surface area contributed by atoms with Crippen molar-refractivity contribution in [1.82, 2.24) is 10.1 Å². The van der Waals surface area contributed by atoms with Crippen LogP contribution in [-0.4, -0.2) is 29.1 Å². The highest BCUT2D eigenvalue weighted by Crippen LogP contribution is 2.26. The molecule has 27 heavy (non-hydrogen) atoms. The number of hydrogen-bond acceptors (Lipinski definition) is 5. The van der Waals surface area contributed by atoms with Crippen LogP contribution in [0.15, 0.2) is 47.0 Å². The molecule has 0 atom stereocenters. The summed E-state index contributed by atoms with van der Waals surface area (Å²) in [6, 6.07) is 13.3. The minimum Gasteiger partial charge on any atom is -0.372 e. The number of nitrogens with zero attached hydrogens (tertiary/aromatic N) is 3. The lowest BCUT2D eigenvalue weighted by Crippen LogP contribution is -2.18. The number of benzene rings is 2. The summed E-state index contributed by atoms with van der Waals surface area (Å²) in [4.78, 5) is 19.2. The van der Waals surface area contributed by atoms with Gasteiger partial charge in [0.1, 0.15) is 0 Å². The third kappa shape index (κ3) is 3.69. The third-order valence-corrected chi connectivity index (χ3v) is 4.85. The van der Waals surface area contributed by atoms with Gasteiger partial charge in [-0.05, 0) is 74.7 Å². The van der Waals surface area contributed by atoms with Crippen LogP contribution < -0.4 is 10.2 Å². The van der Waals surface area contributed by atoms with E-state index in [9.17, 15) is 4.79 Å². The number of rotatable bonds is 4. The maximum atomic E-state index is 12.6. The Labute approximate surface area is 158 Å². The summed E-state index contributed by atoms with van der Waals surface area (Å²) in [6.45, 7) is 6.01. The van der Waals surface area contributed by atoms with Gasteiger partial charge in [0.05, 0.1) is 0 Å². The number of carbonyl (C=O) groups is 1. The molecule has 138 valence electrons. The normalized spacial score (nSPS) is 13.8. The molecule has 1 amide bonds. The average molecular weight is 362 g/mol. The molecule has 0 saturated carbocycles. The third-order valence-electron chi connectivity index (χ3n) is 4.85. The van der Waals surface area contributed by atoms with E-state index in [0.29, 0.717) is 17.3 Å². The Morgan fingerprint density at radius 2 is 1.81 bits per heavy atom. The molecular weight excluding hydrogens is 340 g/mol. The maximum absolute atomic E-state index is 12.6. The molecular formula is C21H22N4O2. The fourth-order valence-electron chi connectivity index (χ4n) is 3.33.